The van der Waals surface area contributed by atoms with E-state index in [0.29, 0.717) is 6.54 Å². The highest BCUT2D eigenvalue weighted by Gasteiger charge is 2.12. The second-order valence-electron chi connectivity index (χ2n) is 5.58. The molecule has 1 aliphatic heterocycles. The zero-order valence-corrected chi connectivity index (χ0v) is 14.3. The molecule has 122 valence electrons. The molecule has 1 saturated heterocycles. The van der Waals surface area contributed by atoms with Crippen LogP contribution in [0.4, 0.5) is 5.69 Å². The van der Waals surface area contributed by atoms with E-state index >= 15 is 0 Å². The highest BCUT2D eigenvalue weighted by atomic mass is 32.2. The molecule has 1 heterocycles. The van der Waals surface area contributed by atoms with Crippen molar-refractivity contribution in [1.29, 1.82) is 0 Å². The Labute approximate surface area is 137 Å². The number of carbonyl (C=O) groups excluding carboxylic acids is 1. The largest absolute Gasteiger partial charge is 0.324 e. The minimum atomic E-state index is 0.0457. The van der Waals surface area contributed by atoms with E-state index in [4.69, 9.17) is 0 Å². The number of piperazine rings is 1. The molecule has 22 heavy (non-hydrogen) atoms. The summed E-state index contributed by atoms with van der Waals surface area (Å²) in [7, 11) is 2.00. The monoisotopic (exact) mass is 322 g/mol. The lowest BCUT2D eigenvalue weighted by molar-refractivity contribution is -0.117. The van der Waals surface area contributed by atoms with Gasteiger partial charge < -0.3 is 10.6 Å². The van der Waals surface area contributed by atoms with Crippen LogP contribution in [-0.4, -0.2) is 74.8 Å². The first-order valence-electron chi connectivity index (χ1n) is 7.73. The maximum atomic E-state index is 12.2. The quantitative estimate of drug-likeness (QED) is 0.739. The van der Waals surface area contributed by atoms with Crippen LogP contribution in [0.5, 0.6) is 0 Å². The van der Waals surface area contributed by atoms with E-state index in [0.717, 1.165) is 49.9 Å². The van der Waals surface area contributed by atoms with Gasteiger partial charge in [-0.2, -0.15) is 0 Å². The second kappa shape index (κ2) is 9.15. The Morgan fingerprint density at radius 2 is 2.09 bits per heavy atom. The summed E-state index contributed by atoms with van der Waals surface area (Å²) in [5.74, 6) is 0.0457. The van der Waals surface area contributed by atoms with Gasteiger partial charge in [-0.05, 0) is 25.4 Å². The molecule has 1 amide bonds. The number of rotatable bonds is 7. The smallest absolute Gasteiger partial charge is 0.238 e. The Morgan fingerprint density at radius 1 is 1.36 bits per heavy atom. The van der Waals surface area contributed by atoms with Crippen molar-refractivity contribution < 1.29 is 4.79 Å². The number of nitrogens with zero attached hydrogens (tertiary/aromatic N) is 2. The number of hydrogen-bond acceptors (Lipinski definition) is 5. The topological polar surface area (TPSA) is 47.6 Å². The minimum absolute atomic E-state index is 0.0457. The van der Waals surface area contributed by atoms with Gasteiger partial charge in [-0.15, -0.1) is 11.8 Å². The molecule has 2 rings (SSSR count). The molecule has 0 saturated carbocycles. The van der Waals surface area contributed by atoms with Crippen LogP contribution in [0.25, 0.3) is 0 Å². The molecule has 2 N–H and O–H groups in total. The van der Waals surface area contributed by atoms with Crippen molar-refractivity contribution in [2.45, 2.75) is 4.90 Å². The van der Waals surface area contributed by atoms with Crippen LogP contribution < -0.4 is 10.6 Å². The first kappa shape index (κ1) is 17.3. The van der Waals surface area contributed by atoms with E-state index in [2.05, 4.69) is 20.4 Å². The first-order valence-corrected chi connectivity index (χ1v) is 8.96. The van der Waals surface area contributed by atoms with Crippen molar-refractivity contribution in [2.75, 3.05) is 64.4 Å². The SMILES string of the molecule is CSc1ccccc1NC(=O)CN(C)CCN1CCNCC1. The predicted octanol–water partition coefficient (Wildman–Crippen LogP) is 1.18. The summed E-state index contributed by atoms with van der Waals surface area (Å²) in [5.41, 5.74) is 0.899. The van der Waals surface area contributed by atoms with E-state index in [1.807, 2.05) is 37.6 Å². The van der Waals surface area contributed by atoms with Crippen LogP contribution >= 0.6 is 11.8 Å². The van der Waals surface area contributed by atoms with E-state index in [-0.39, 0.29) is 5.91 Å². The number of anilines is 1. The molecule has 0 aromatic heterocycles. The average Bonchev–Trinajstić information content (AvgIpc) is 2.54. The Kier molecular flexibility index (Phi) is 7.18. The third kappa shape index (κ3) is 5.61. The minimum Gasteiger partial charge on any atom is -0.324 e. The summed E-state index contributed by atoms with van der Waals surface area (Å²) >= 11 is 1.64. The van der Waals surface area contributed by atoms with Crippen LogP contribution in [0.2, 0.25) is 0 Å². The van der Waals surface area contributed by atoms with Crippen LogP contribution in [0.3, 0.4) is 0 Å². The Balaban J connectivity index is 1.73. The summed E-state index contributed by atoms with van der Waals surface area (Å²) in [6.07, 6.45) is 2.02. The standard InChI is InChI=1S/C16H26N4OS/c1-19(11-12-20-9-7-17-8-10-20)13-16(21)18-14-5-3-4-6-15(14)22-2/h3-6,17H,7-13H2,1-2H3,(H,18,21). The number of carbonyl (C=O) groups is 1. The van der Waals surface area contributed by atoms with Crippen molar-refractivity contribution >= 4 is 23.4 Å². The first-order chi connectivity index (χ1) is 10.7. The molecule has 1 aromatic rings. The molecular formula is C16H26N4OS. The molecule has 1 aliphatic rings. The number of amides is 1. The lowest BCUT2D eigenvalue weighted by Gasteiger charge is -2.28. The van der Waals surface area contributed by atoms with Gasteiger partial charge in [0.05, 0.1) is 12.2 Å². The number of hydrogen-bond donors (Lipinski definition) is 2. The third-order valence-electron chi connectivity index (χ3n) is 3.80. The van der Waals surface area contributed by atoms with Gasteiger partial charge in [0.1, 0.15) is 0 Å². The molecule has 6 heteroatoms. The fraction of sp³-hybridized carbons (Fsp3) is 0.562. The predicted molar refractivity (Wildman–Crippen MR) is 93.7 cm³/mol. The average molecular weight is 322 g/mol. The van der Waals surface area contributed by atoms with Crippen molar-refractivity contribution in [2.24, 2.45) is 0 Å². The molecule has 0 aliphatic carbocycles. The van der Waals surface area contributed by atoms with Gasteiger partial charge in [0, 0.05) is 44.2 Å². The highest BCUT2D eigenvalue weighted by molar-refractivity contribution is 7.98. The van der Waals surface area contributed by atoms with Crippen molar-refractivity contribution in [3.05, 3.63) is 24.3 Å². The summed E-state index contributed by atoms with van der Waals surface area (Å²) < 4.78 is 0. The van der Waals surface area contributed by atoms with Gasteiger partial charge in [-0.3, -0.25) is 14.6 Å². The normalized spacial score (nSPS) is 16.0. The third-order valence-corrected chi connectivity index (χ3v) is 4.60. The fourth-order valence-corrected chi connectivity index (χ4v) is 3.06. The van der Waals surface area contributed by atoms with Gasteiger partial charge in [0.15, 0.2) is 0 Å². The molecular weight excluding hydrogens is 296 g/mol. The number of thioether (sulfide) groups is 1. The summed E-state index contributed by atoms with van der Waals surface area (Å²) in [6.45, 7) is 6.69. The lowest BCUT2D eigenvalue weighted by Crippen LogP contribution is -2.46. The van der Waals surface area contributed by atoms with E-state index < -0.39 is 0 Å². The Bertz CT molecular complexity index is 477. The Morgan fingerprint density at radius 3 is 2.82 bits per heavy atom. The molecule has 0 unspecified atom stereocenters. The second-order valence-corrected chi connectivity index (χ2v) is 6.43. The zero-order valence-electron chi connectivity index (χ0n) is 13.5. The molecule has 1 fully saturated rings. The Hall–Kier alpha value is -1.08. The number of para-hydroxylation sites is 1. The van der Waals surface area contributed by atoms with Crippen molar-refractivity contribution in [3.63, 3.8) is 0 Å². The van der Waals surface area contributed by atoms with E-state index in [1.165, 1.54) is 0 Å². The van der Waals surface area contributed by atoms with Crippen molar-refractivity contribution in [3.8, 4) is 0 Å². The fourth-order valence-electron chi connectivity index (χ4n) is 2.51. The van der Waals surface area contributed by atoms with Crippen LogP contribution in [0.1, 0.15) is 0 Å². The summed E-state index contributed by atoms with van der Waals surface area (Å²) in [5, 5.41) is 6.36. The van der Waals surface area contributed by atoms with Gasteiger partial charge in [-0.1, -0.05) is 12.1 Å². The maximum absolute atomic E-state index is 12.2. The highest BCUT2D eigenvalue weighted by Crippen LogP contribution is 2.24. The van der Waals surface area contributed by atoms with Crippen LogP contribution in [0.15, 0.2) is 29.2 Å². The van der Waals surface area contributed by atoms with Gasteiger partial charge in [0.25, 0.3) is 0 Å². The molecule has 1 aromatic carbocycles. The summed E-state index contributed by atoms with van der Waals surface area (Å²) in [4.78, 5) is 17.8. The molecule has 0 spiro atoms. The molecule has 0 atom stereocenters. The van der Waals surface area contributed by atoms with E-state index in [9.17, 15) is 4.79 Å². The van der Waals surface area contributed by atoms with Gasteiger partial charge in [-0.25, -0.2) is 0 Å². The lowest BCUT2D eigenvalue weighted by atomic mass is 10.3. The zero-order chi connectivity index (χ0) is 15.8. The van der Waals surface area contributed by atoms with Crippen molar-refractivity contribution in [1.82, 2.24) is 15.1 Å². The number of nitrogens with one attached hydrogen (secondary N) is 2. The molecule has 5 nitrogen and oxygen atoms in total. The molecule has 0 bridgehead atoms. The number of benzene rings is 1. The summed E-state index contributed by atoms with van der Waals surface area (Å²) in [6, 6.07) is 7.91. The molecule has 0 radical (unpaired) electrons. The van der Waals surface area contributed by atoms with Gasteiger partial charge in [0.2, 0.25) is 5.91 Å². The van der Waals surface area contributed by atoms with Gasteiger partial charge >= 0.3 is 0 Å². The van der Waals surface area contributed by atoms with Crippen LogP contribution in [-0.2, 0) is 4.79 Å². The van der Waals surface area contributed by atoms with E-state index in [1.54, 1.807) is 11.8 Å². The van der Waals surface area contributed by atoms with Crippen LogP contribution in [0, 0.1) is 0 Å². The number of likely N-dealkylation sites (N-methyl/N-ethyl adjacent to an activating group) is 1. The maximum Gasteiger partial charge on any atom is 0.238 e.